The largest absolute Gasteiger partial charge is 1.00 e. The Morgan fingerprint density at radius 2 is 1.63 bits per heavy atom. The van der Waals surface area contributed by atoms with Gasteiger partial charge in [-0.3, -0.25) is 4.79 Å². The van der Waals surface area contributed by atoms with Crippen molar-refractivity contribution in [3.63, 3.8) is 0 Å². The van der Waals surface area contributed by atoms with Crippen LogP contribution in [0.5, 0.6) is 0 Å². The number of unbranched alkanes of at least 4 members (excludes halogenated alkanes) is 8. The first-order valence-electron chi connectivity index (χ1n) is 13.9. The molecule has 0 aliphatic carbocycles. The van der Waals surface area contributed by atoms with E-state index in [9.17, 15) is 9.90 Å². The third kappa shape index (κ3) is 20.5. The van der Waals surface area contributed by atoms with Gasteiger partial charge in [0.1, 0.15) is 6.54 Å². The summed E-state index contributed by atoms with van der Waals surface area (Å²) >= 11 is 0. The molecule has 2 N–H and O–H groups in total. The number of aliphatic hydroxyl groups is 1. The smallest absolute Gasteiger partial charge is 0.219 e. The predicted molar refractivity (Wildman–Crippen MR) is 146 cm³/mol. The average Bonchev–Trinajstić information content (AvgIpc) is 2.81. The molecule has 0 bridgehead atoms. The lowest BCUT2D eigenvalue weighted by molar-refractivity contribution is -0.903. The number of allylic oxidation sites excluding steroid dienone is 1. The number of rotatable bonds is 21. The van der Waals surface area contributed by atoms with E-state index in [-0.39, 0.29) is 24.4 Å². The lowest BCUT2D eigenvalue weighted by atomic mass is 10.1. The van der Waals surface area contributed by atoms with Crippen molar-refractivity contribution >= 4 is 5.91 Å². The highest BCUT2D eigenvalue weighted by Gasteiger charge is 2.15. The van der Waals surface area contributed by atoms with E-state index in [4.69, 9.17) is 0 Å². The Kier molecular flexibility index (Phi) is 21.0. The molecule has 0 heterocycles. The molecule has 202 valence electrons. The van der Waals surface area contributed by atoms with Gasteiger partial charge in [-0.15, -0.1) is 0 Å². The minimum Gasteiger partial charge on any atom is -1.00 e. The van der Waals surface area contributed by atoms with Crippen molar-refractivity contribution in [2.45, 2.75) is 109 Å². The Morgan fingerprint density at radius 1 is 0.943 bits per heavy atom. The SMILES string of the molecule is CCCCCCC(O)C/C=C/CCCCCCCC(=O)NCCC[N+](C)(C)Cc1ccccc1.[Cl-]. The molecule has 1 amide bonds. The van der Waals surface area contributed by atoms with E-state index in [1.54, 1.807) is 0 Å². The molecule has 1 atom stereocenters. The number of hydrogen-bond donors (Lipinski definition) is 2. The second-order valence-electron chi connectivity index (χ2n) is 10.5. The van der Waals surface area contributed by atoms with Gasteiger partial charge < -0.3 is 27.3 Å². The lowest BCUT2D eigenvalue weighted by Crippen LogP contribution is -3.00. The predicted octanol–water partition coefficient (Wildman–Crippen LogP) is 3.78. The highest BCUT2D eigenvalue weighted by Crippen LogP contribution is 2.11. The van der Waals surface area contributed by atoms with Crippen LogP contribution in [0.1, 0.15) is 102 Å². The molecule has 1 aromatic rings. The third-order valence-electron chi connectivity index (χ3n) is 6.46. The summed E-state index contributed by atoms with van der Waals surface area (Å²) in [6, 6.07) is 10.6. The summed E-state index contributed by atoms with van der Waals surface area (Å²) in [7, 11) is 4.51. The molecular formula is C30H53ClN2O2. The van der Waals surface area contributed by atoms with Gasteiger partial charge in [0.25, 0.3) is 0 Å². The standard InChI is InChI=1S/C30H52N2O2.ClH/c1-4-5-6-16-22-29(33)23-17-11-9-7-8-10-12-18-24-30(34)31-25-19-26-32(2,3)27-28-20-14-13-15-21-28;/h11,13-15,17,20-21,29,33H,4-10,12,16,18-19,22-27H2,1-3H3;1H/b17-11+;. The second kappa shape index (κ2) is 21.9. The summed E-state index contributed by atoms with van der Waals surface area (Å²) in [6.45, 7) is 5.06. The summed E-state index contributed by atoms with van der Waals surface area (Å²) in [6.07, 6.45) is 19.4. The number of halogens is 1. The molecule has 1 unspecified atom stereocenters. The molecule has 0 aliphatic rings. The molecule has 1 rings (SSSR count). The van der Waals surface area contributed by atoms with Gasteiger partial charge >= 0.3 is 0 Å². The minimum absolute atomic E-state index is 0. The lowest BCUT2D eigenvalue weighted by Gasteiger charge is -2.30. The number of hydrogen-bond acceptors (Lipinski definition) is 2. The first kappa shape index (κ1) is 33.6. The molecule has 4 nitrogen and oxygen atoms in total. The molecule has 0 aliphatic heterocycles. The zero-order chi connectivity index (χ0) is 24.9. The highest BCUT2D eigenvalue weighted by atomic mass is 35.5. The number of nitrogens with zero attached hydrogens (tertiary/aromatic N) is 1. The Labute approximate surface area is 222 Å². The van der Waals surface area contributed by atoms with Gasteiger partial charge in [0.15, 0.2) is 0 Å². The van der Waals surface area contributed by atoms with Crippen LogP contribution in [0.2, 0.25) is 0 Å². The van der Waals surface area contributed by atoms with Crippen molar-refractivity contribution in [3.05, 3.63) is 48.0 Å². The van der Waals surface area contributed by atoms with Gasteiger partial charge in [0, 0.05) is 24.9 Å². The van der Waals surface area contributed by atoms with E-state index in [0.29, 0.717) is 6.42 Å². The first-order valence-corrected chi connectivity index (χ1v) is 13.9. The molecular weight excluding hydrogens is 456 g/mol. The number of quaternary nitrogens is 1. The summed E-state index contributed by atoms with van der Waals surface area (Å²) in [5.74, 6) is 0.199. The number of benzene rings is 1. The Hall–Kier alpha value is -1.36. The maximum Gasteiger partial charge on any atom is 0.219 e. The van der Waals surface area contributed by atoms with Crippen LogP contribution in [0, 0.1) is 0 Å². The van der Waals surface area contributed by atoms with E-state index in [2.05, 4.69) is 68.8 Å². The summed E-state index contributed by atoms with van der Waals surface area (Å²) in [4.78, 5) is 12.1. The van der Waals surface area contributed by atoms with Crippen LogP contribution in [0.15, 0.2) is 42.5 Å². The molecule has 0 spiro atoms. The molecule has 0 radical (unpaired) electrons. The van der Waals surface area contributed by atoms with Crippen LogP contribution in [-0.2, 0) is 11.3 Å². The van der Waals surface area contributed by atoms with E-state index in [1.807, 2.05) is 0 Å². The summed E-state index contributed by atoms with van der Waals surface area (Å²) in [5, 5.41) is 13.1. The number of aliphatic hydroxyl groups excluding tert-OH is 1. The zero-order valence-electron chi connectivity index (χ0n) is 22.8. The van der Waals surface area contributed by atoms with Crippen molar-refractivity contribution in [1.29, 1.82) is 0 Å². The van der Waals surface area contributed by atoms with Gasteiger partial charge in [-0.2, -0.15) is 0 Å². The van der Waals surface area contributed by atoms with Crippen LogP contribution < -0.4 is 17.7 Å². The fourth-order valence-corrected chi connectivity index (χ4v) is 4.35. The molecule has 1 aromatic carbocycles. The first-order chi connectivity index (χ1) is 16.4. The van der Waals surface area contributed by atoms with Crippen molar-refractivity contribution in [1.82, 2.24) is 5.32 Å². The van der Waals surface area contributed by atoms with Gasteiger partial charge in [-0.1, -0.05) is 94.4 Å². The highest BCUT2D eigenvalue weighted by molar-refractivity contribution is 5.75. The molecule has 0 aromatic heterocycles. The van der Waals surface area contributed by atoms with Crippen LogP contribution in [-0.4, -0.2) is 48.8 Å². The summed E-state index contributed by atoms with van der Waals surface area (Å²) in [5.41, 5.74) is 1.36. The van der Waals surface area contributed by atoms with Crippen molar-refractivity contribution in [3.8, 4) is 0 Å². The fraction of sp³-hybridized carbons (Fsp3) is 0.700. The van der Waals surface area contributed by atoms with Gasteiger partial charge in [-0.05, 0) is 32.1 Å². The van der Waals surface area contributed by atoms with Crippen LogP contribution in [0.25, 0.3) is 0 Å². The monoisotopic (exact) mass is 508 g/mol. The fourth-order valence-electron chi connectivity index (χ4n) is 4.35. The number of carbonyl (C=O) groups is 1. The zero-order valence-corrected chi connectivity index (χ0v) is 23.6. The van der Waals surface area contributed by atoms with Gasteiger partial charge in [0.05, 0.1) is 26.7 Å². The average molecular weight is 509 g/mol. The van der Waals surface area contributed by atoms with Crippen LogP contribution in [0.4, 0.5) is 0 Å². The number of amides is 1. The molecule has 0 fully saturated rings. The van der Waals surface area contributed by atoms with Crippen LogP contribution in [0.3, 0.4) is 0 Å². The van der Waals surface area contributed by atoms with E-state index < -0.39 is 0 Å². The number of carbonyl (C=O) groups excluding carboxylic acids is 1. The second-order valence-corrected chi connectivity index (χ2v) is 10.5. The van der Waals surface area contributed by atoms with Crippen LogP contribution >= 0.6 is 0 Å². The maximum atomic E-state index is 12.1. The summed E-state index contributed by atoms with van der Waals surface area (Å²) < 4.78 is 0.939. The molecule has 5 heteroatoms. The van der Waals surface area contributed by atoms with E-state index in [1.165, 1.54) is 44.1 Å². The van der Waals surface area contributed by atoms with Crippen molar-refractivity contribution in [2.24, 2.45) is 0 Å². The van der Waals surface area contributed by atoms with E-state index in [0.717, 1.165) is 69.1 Å². The Morgan fingerprint density at radius 3 is 2.37 bits per heavy atom. The quantitative estimate of drug-likeness (QED) is 0.151. The Bertz CT molecular complexity index is 649. The van der Waals surface area contributed by atoms with Crippen molar-refractivity contribution in [2.75, 3.05) is 27.2 Å². The van der Waals surface area contributed by atoms with Gasteiger partial charge in [-0.25, -0.2) is 0 Å². The van der Waals surface area contributed by atoms with E-state index >= 15 is 0 Å². The maximum absolute atomic E-state index is 12.1. The molecule has 0 saturated carbocycles. The Balaban J connectivity index is 0.0000116. The normalized spacial score (nSPS) is 12.5. The molecule has 35 heavy (non-hydrogen) atoms. The molecule has 0 saturated heterocycles. The topological polar surface area (TPSA) is 49.3 Å². The number of nitrogens with one attached hydrogen (secondary N) is 1. The van der Waals surface area contributed by atoms with Crippen molar-refractivity contribution < 1.29 is 26.8 Å². The van der Waals surface area contributed by atoms with Gasteiger partial charge in [0.2, 0.25) is 5.91 Å². The minimum atomic E-state index is -0.168. The third-order valence-corrected chi connectivity index (χ3v) is 6.46.